The third-order valence-electron chi connectivity index (χ3n) is 9.06. The summed E-state index contributed by atoms with van der Waals surface area (Å²) in [5.41, 5.74) is 0.988. The highest BCUT2D eigenvalue weighted by molar-refractivity contribution is 7.90. The van der Waals surface area contributed by atoms with Crippen molar-refractivity contribution in [3.63, 3.8) is 0 Å². The molecule has 2 aliphatic heterocycles. The Morgan fingerprint density at radius 2 is 1.90 bits per heavy atom. The van der Waals surface area contributed by atoms with E-state index in [4.69, 9.17) is 11.2 Å². The fraction of sp³-hybridized carbons (Fsp3) is 0.194. The van der Waals surface area contributed by atoms with Crippen molar-refractivity contribution in [3.05, 3.63) is 90.9 Å². The van der Waals surface area contributed by atoms with Crippen LogP contribution in [-0.4, -0.2) is 75.1 Å². The summed E-state index contributed by atoms with van der Waals surface area (Å²) in [5, 5.41) is 18.3. The first-order chi connectivity index (χ1) is 24.7. The number of phenolic OH excluding ortho intramolecular Hbond substituents is 1. The van der Waals surface area contributed by atoms with Crippen LogP contribution in [0, 0.1) is 18.2 Å². The van der Waals surface area contributed by atoms with E-state index < -0.39 is 28.4 Å². The van der Waals surface area contributed by atoms with Crippen LogP contribution in [0.5, 0.6) is 11.8 Å². The minimum Gasteiger partial charge on any atom is -0.508 e. The SMILES string of the molecule is C#Cc1cccc2cc(O)cc(-c3ncc4c(N5C[C@H]6CC[C@@H](C5)N6)nc(OCC(=O)Nc5ccc(S(=O)(=O)n6ccnc6)cc5)nc4c3F)c12. The van der Waals surface area contributed by atoms with E-state index in [0.717, 1.165) is 16.8 Å². The molecule has 0 saturated carbocycles. The van der Waals surface area contributed by atoms with Crippen LogP contribution < -0.4 is 20.3 Å². The molecule has 1 amide bonds. The van der Waals surface area contributed by atoms with Crippen LogP contribution in [0.3, 0.4) is 0 Å². The Hall–Kier alpha value is -6.11. The first-order valence-corrected chi connectivity index (χ1v) is 17.5. The molecule has 13 nitrogen and oxygen atoms in total. The zero-order valence-electron chi connectivity index (χ0n) is 26.8. The number of imidazole rings is 1. The summed E-state index contributed by atoms with van der Waals surface area (Å²) in [7, 11) is -3.83. The molecule has 51 heavy (non-hydrogen) atoms. The standard InChI is InChI=1S/C36H29FN8O5S/c1-2-21-4-3-5-22-14-26(46)15-28(31(21)22)33-32(37)34-29(16-39-33)35(44-17-24-6-7-25(18-44)40-24)43-36(42-34)50-19-30(47)41-23-8-10-27(11-9-23)51(48,49)45-13-12-38-20-45/h1,3-5,8-16,20,24-25,40,46H,6-7,17-19H2,(H,41,47)/t24-,25+. The average Bonchev–Trinajstić information content (AvgIpc) is 3.80. The number of carbonyl (C=O) groups excluding carboxylic acids is 1. The highest BCUT2D eigenvalue weighted by Crippen LogP contribution is 2.38. The van der Waals surface area contributed by atoms with E-state index in [2.05, 4.69) is 41.4 Å². The zero-order chi connectivity index (χ0) is 35.3. The number of terminal acetylenes is 1. The van der Waals surface area contributed by atoms with Crippen LogP contribution >= 0.6 is 0 Å². The van der Waals surface area contributed by atoms with Gasteiger partial charge in [0.25, 0.3) is 15.9 Å². The number of nitrogens with one attached hydrogen (secondary N) is 2. The minimum atomic E-state index is -3.83. The van der Waals surface area contributed by atoms with Crippen LogP contribution in [0.25, 0.3) is 32.9 Å². The van der Waals surface area contributed by atoms with Gasteiger partial charge in [0.1, 0.15) is 29.1 Å². The van der Waals surface area contributed by atoms with Gasteiger partial charge in [0.05, 0.1) is 10.3 Å². The van der Waals surface area contributed by atoms with Gasteiger partial charge in [-0.15, -0.1) is 6.42 Å². The van der Waals surface area contributed by atoms with Gasteiger partial charge in [-0.2, -0.15) is 9.97 Å². The highest BCUT2D eigenvalue weighted by atomic mass is 32.2. The summed E-state index contributed by atoms with van der Waals surface area (Å²) in [4.78, 5) is 32.4. The Kier molecular flexibility index (Phi) is 7.97. The molecule has 0 unspecified atom stereocenters. The van der Waals surface area contributed by atoms with Gasteiger partial charge in [0.15, 0.2) is 12.4 Å². The summed E-state index contributed by atoms with van der Waals surface area (Å²) in [5.74, 6) is 1.63. The van der Waals surface area contributed by atoms with E-state index in [9.17, 15) is 18.3 Å². The second-order valence-electron chi connectivity index (χ2n) is 12.4. The van der Waals surface area contributed by atoms with E-state index in [-0.39, 0.29) is 39.9 Å². The number of hydrogen-bond donors (Lipinski definition) is 3. The molecule has 5 heterocycles. The van der Waals surface area contributed by atoms with Gasteiger partial charge < -0.3 is 25.4 Å². The Balaban J connectivity index is 1.12. The van der Waals surface area contributed by atoms with Crippen molar-refractivity contribution in [1.82, 2.24) is 29.2 Å². The lowest BCUT2D eigenvalue weighted by molar-refractivity contribution is -0.118. The molecule has 0 spiro atoms. The molecule has 15 heteroatoms. The number of benzene rings is 3. The van der Waals surface area contributed by atoms with E-state index in [0.29, 0.717) is 51.9 Å². The number of pyridine rings is 1. The van der Waals surface area contributed by atoms with E-state index in [1.165, 1.54) is 55.2 Å². The predicted octanol–water partition coefficient (Wildman–Crippen LogP) is 4.06. The van der Waals surface area contributed by atoms with Crippen LogP contribution in [0.2, 0.25) is 0 Å². The van der Waals surface area contributed by atoms with Gasteiger partial charge in [-0.25, -0.2) is 21.8 Å². The lowest BCUT2D eigenvalue weighted by atomic mass is 9.96. The van der Waals surface area contributed by atoms with Crippen LogP contribution in [0.1, 0.15) is 18.4 Å². The largest absolute Gasteiger partial charge is 0.508 e. The Morgan fingerprint density at radius 1 is 1.12 bits per heavy atom. The van der Waals surface area contributed by atoms with Gasteiger partial charge in [-0.1, -0.05) is 18.1 Å². The fourth-order valence-corrected chi connectivity index (χ4v) is 7.87. The van der Waals surface area contributed by atoms with E-state index in [1.54, 1.807) is 24.3 Å². The molecule has 256 valence electrons. The first kappa shape index (κ1) is 32.1. The van der Waals surface area contributed by atoms with E-state index >= 15 is 4.39 Å². The van der Waals surface area contributed by atoms with Crippen molar-refractivity contribution >= 4 is 49.1 Å². The summed E-state index contributed by atoms with van der Waals surface area (Å²) < 4.78 is 49.0. The topological polar surface area (TPSA) is 164 Å². The molecule has 8 rings (SSSR count). The summed E-state index contributed by atoms with van der Waals surface area (Å²) >= 11 is 0. The van der Waals surface area contributed by atoms with Gasteiger partial charge >= 0.3 is 6.01 Å². The molecular formula is C36H29FN8O5S. The average molecular weight is 705 g/mol. The number of hydrogen-bond acceptors (Lipinski definition) is 11. The number of halogens is 1. The number of ether oxygens (including phenoxy) is 1. The molecule has 2 fully saturated rings. The van der Waals surface area contributed by atoms with Gasteiger partial charge in [-0.3, -0.25) is 9.78 Å². The number of aromatic hydroxyl groups is 1. The molecule has 3 aromatic carbocycles. The zero-order valence-corrected chi connectivity index (χ0v) is 27.6. The maximum absolute atomic E-state index is 16.7. The van der Waals surface area contributed by atoms with Gasteiger partial charge in [0.2, 0.25) is 0 Å². The number of amides is 1. The number of rotatable bonds is 8. The normalized spacial score (nSPS) is 17.1. The molecule has 0 radical (unpaired) electrons. The molecule has 3 N–H and O–H groups in total. The molecule has 0 aliphatic carbocycles. The lowest BCUT2D eigenvalue weighted by Gasteiger charge is -2.34. The van der Waals surface area contributed by atoms with Crippen molar-refractivity contribution < 1.29 is 27.4 Å². The molecule has 3 aromatic heterocycles. The molecular weight excluding hydrogens is 676 g/mol. The van der Waals surface area contributed by atoms with Crippen molar-refractivity contribution in [2.45, 2.75) is 29.8 Å². The van der Waals surface area contributed by atoms with Gasteiger partial charge in [-0.05, 0) is 60.7 Å². The number of nitrogens with zero attached hydrogens (tertiary/aromatic N) is 6. The molecule has 2 atom stereocenters. The highest BCUT2D eigenvalue weighted by Gasteiger charge is 2.34. The third-order valence-corrected chi connectivity index (χ3v) is 10.7. The maximum Gasteiger partial charge on any atom is 0.319 e. The van der Waals surface area contributed by atoms with Crippen molar-refractivity contribution in [2.24, 2.45) is 0 Å². The van der Waals surface area contributed by atoms with Crippen molar-refractivity contribution in [2.75, 3.05) is 29.9 Å². The van der Waals surface area contributed by atoms with Crippen molar-refractivity contribution in [1.29, 1.82) is 0 Å². The molecule has 2 aliphatic rings. The van der Waals surface area contributed by atoms with Crippen LogP contribution in [0.15, 0.2) is 84.4 Å². The Labute approximate surface area is 291 Å². The lowest BCUT2D eigenvalue weighted by Crippen LogP contribution is -2.51. The second-order valence-corrected chi connectivity index (χ2v) is 14.2. The van der Waals surface area contributed by atoms with Crippen LogP contribution in [0.4, 0.5) is 15.9 Å². The van der Waals surface area contributed by atoms with Crippen molar-refractivity contribution in [3.8, 4) is 35.4 Å². The third kappa shape index (κ3) is 5.94. The molecule has 2 bridgehead atoms. The quantitative estimate of drug-likeness (QED) is 0.196. The molecule has 2 saturated heterocycles. The Morgan fingerprint density at radius 3 is 2.63 bits per heavy atom. The second kappa shape index (κ2) is 12.7. The first-order valence-electron chi connectivity index (χ1n) is 16.0. The molecule has 6 aromatic rings. The smallest absolute Gasteiger partial charge is 0.319 e. The fourth-order valence-electron chi connectivity index (χ4n) is 6.75. The number of piperazine rings is 1. The summed E-state index contributed by atoms with van der Waals surface area (Å²) in [6.07, 6.45) is 13.2. The number of anilines is 2. The number of fused-ring (bicyclic) bond motifs is 4. The van der Waals surface area contributed by atoms with E-state index in [1.807, 2.05) is 0 Å². The Bertz CT molecular complexity index is 2470. The summed E-state index contributed by atoms with van der Waals surface area (Å²) in [6, 6.07) is 14.1. The number of aromatic nitrogens is 5. The maximum atomic E-state index is 16.7. The number of phenols is 1. The minimum absolute atomic E-state index is 0.0123. The number of carbonyl (C=O) groups is 1. The van der Waals surface area contributed by atoms with Gasteiger partial charge in [0, 0.05) is 66.0 Å². The monoisotopic (exact) mass is 704 g/mol. The predicted molar refractivity (Wildman–Crippen MR) is 187 cm³/mol. The summed E-state index contributed by atoms with van der Waals surface area (Å²) in [6.45, 7) is 0.734. The van der Waals surface area contributed by atoms with Crippen LogP contribution in [-0.2, 0) is 14.8 Å².